The van der Waals surface area contributed by atoms with Gasteiger partial charge in [0.05, 0.1) is 4.47 Å². The first-order valence-electron chi connectivity index (χ1n) is 3.67. The van der Waals surface area contributed by atoms with Gasteiger partial charge in [0.2, 0.25) is 0 Å². The van der Waals surface area contributed by atoms with Crippen molar-refractivity contribution in [1.29, 1.82) is 0 Å². The number of rotatable bonds is 2. The molecule has 0 spiro atoms. The Balaban J connectivity index is 2.78. The highest BCUT2D eigenvalue weighted by atomic mass is 79.9. The molecule has 0 saturated carbocycles. The quantitative estimate of drug-likeness (QED) is 0.785. The summed E-state index contributed by atoms with van der Waals surface area (Å²) in [6.45, 7) is 0. The topological polar surface area (TPSA) is 72.5 Å². The molecule has 0 bridgehead atoms. The van der Waals surface area contributed by atoms with Crippen molar-refractivity contribution in [3.8, 4) is 5.75 Å². The van der Waals surface area contributed by atoms with Crippen LogP contribution < -0.4 is 9.46 Å². The van der Waals surface area contributed by atoms with Gasteiger partial charge < -0.3 is 4.74 Å². The van der Waals surface area contributed by atoms with Crippen molar-refractivity contribution in [3.05, 3.63) is 27.1 Å². The smallest absolute Gasteiger partial charge is 0.408 e. The lowest BCUT2D eigenvalue weighted by Gasteiger charge is -2.06. The van der Waals surface area contributed by atoms with Crippen LogP contribution in [0.1, 0.15) is 0 Å². The predicted octanol–water partition coefficient (Wildman–Crippen LogP) is 2.78. The zero-order chi connectivity index (χ0) is 12.3. The fourth-order valence-corrected chi connectivity index (χ4v) is 2.34. The maximum atomic E-state index is 11.0. The number of ether oxygens (including phenoxy) is 1. The molecule has 0 aliphatic carbocycles. The molecule has 0 aliphatic heterocycles. The van der Waals surface area contributed by atoms with Gasteiger partial charge >= 0.3 is 15.3 Å². The average Bonchev–Trinajstić information content (AvgIpc) is 2.06. The van der Waals surface area contributed by atoms with Crippen LogP contribution in [-0.2, 0) is 9.24 Å². The molecule has 1 N–H and O–H groups in total. The summed E-state index contributed by atoms with van der Waals surface area (Å²) in [5.74, 6) is 0.168. The Morgan fingerprint density at radius 2 is 2.00 bits per heavy atom. The Morgan fingerprint density at radius 1 is 1.38 bits per heavy atom. The lowest BCUT2D eigenvalue weighted by molar-refractivity contribution is 0.206. The monoisotopic (exact) mass is 391 g/mol. The van der Waals surface area contributed by atoms with Gasteiger partial charge in [-0.25, -0.2) is 9.52 Å². The molecule has 0 aliphatic rings. The lowest BCUT2D eigenvalue weighted by atomic mass is 10.3. The van der Waals surface area contributed by atoms with Crippen LogP contribution in [0.4, 0.5) is 4.79 Å². The number of hydrogen-bond acceptors (Lipinski definition) is 4. The van der Waals surface area contributed by atoms with E-state index in [0.717, 1.165) is 4.47 Å². The van der Waals surface area contributed by atoms with Crippen molar-refractivity contribution in [2.75, 3.05) is 0 Å². The first kappa shape index (κ1) is 13.8. The molecular weight excluding hydrogens is 389 g/mol. The molecule has 1 aromatic rings. The summed E-state index contributed by atoms with van der Waals surface area (Å²) >= 11 is 6.35. The van der Waals surface area contributed by atoms with Crippen LogP contribution in [0.2, 0.25) is 0 Å². The van der Waals surface area contributed by atoms with Crippen molar-refractivity contribution in [1.82, 2.24) is 4.72 Å². The molecule has 1 rings (SSSR count). The van der Waals surface area contributed by atoms with E-state index in [1.165, 1.54) is 10.8 Å². The van der Waals surface area contributed by atoms with Crippen molar-refractivity contribution in [2.24, 2.45) is 0 Å². The number of carbonyl (C=O) groups is 1. The Bertz CT molecular complexity index is 519. The summed E-state index contributed by atoms with van der Waals surface area (Å²) < 4.78 is 28.4. The normalized spacial score (nSPS) is 10.9. The van der Waals surface area contributed by atoms with E-state index < -0.39 is 15.3 Å². The second-order valence-electron chi connectivity index (χ2n) is 2.50. The van der Waals surface area contributed by atoms with E-state index in [0.29, 0.717) is 4.47 Å². The van der Waals surface area contributed by atoms with Crippen LogP contribution in [0.5, 0.6) is 5.75 Å². The number of amides is 1. The van der Waals surface area contributed by atoms with Gasteiger partial charge in [-0.2, -0.15) is 8.42 Å². The first-order valence-corrected chi connectivity index (χ1v) is 7.57. The van der Waals surface area contributed by atoms with E-state index in [1.807, 2.05) is 0 Å². The minimum Gasteiger partial charge on any atom is -0.408 e. The molecule has 0 aromatic heterocycles. The largest absolute Gasteiger partial charge is 0.427 e. The SMILES string of the molecule is O=C(NS(=O)(=O)Cl)Oc1ccc(Br)cc1Br. The summed E-state index contributed by atoms with van der Waals surface area (Å²) in [6.07, 6.45) is -1.18. The van der Waals surface area contributed by atoms with Gasteiger partial charge in [0.1, 0.15) is 5.75 Å². The predicted molar refractivity (Wildman–Crippen MR) is 65.8 cm³/mol. The minimum absolute atomic E-state index is 0.168. The van der Waals surface area contributed by atoms with E-state index in [1.54, 1.807) is 12.1 Å². The van der Waals surface area contributed by atoms with Crippen molar-refractivity contribution < 1.29 is 17.9 Å². The van der Waals surface area contributed by atoms with Crippen LogP contribution in [0.3, 0.4) is 0 Å². The standard InChI is InChI=1S/C7H4Br2ClNO4S/c8-4-1-2-6(5(9)3-4)15-7(12)11-16(10,13)14/h1-3H,(H,11,12). The fraction of sp³-hybridized carbons (Fsp3) is 0. The molecule has 5 nitrogen and oxygen atoms in total. The molecule has 0 saturated heterocycles. The lowest BCUT2D eigenvalue weighted by Crippen LogP contribution is -2.29. The average molecular weight is 393 g/mol. The van der Waals surface area contributed by atoms with Gasteiger partial charge in [0.25, 0.3) is 0 Å². The molecule has 0 atom stereocenters. The molecule has 0 heterocycles. The second kappa shape index (κ2) is 5.35. The Labute approximate surface area is 113 Å². The van der Waals surface area contributed by atoms with Gasteiger partial charge in [-0.05, 0) is 34.1 Å². The third-order valence-electron chi connectivity index (χ3n) is 1.30. The van der Waals surface area contributed by atoms with Gasteiger partial charge in [-0.1, -0.05) is 15.9 Å². The second-order valence-corrected chi connectivity index (χ2v) is 6.57. The van der Waals surface area contributed by atoms with Gasteiger partial charge in [0.15, 0.2) is 0 Å². The number of halogens is 3. The number of benzene rings is 1. The van der Waals surface area contributed by atoms with Gasteiger partial charge in [0, 0.05) is 15.2 Å². The molecule has 1 amide bonds. The highest BCUT2D eigenvalue weighted by Gasteiger charge is 2.14. The van der Waals surface area contributed by atoms with Gasteiger partial charge in [-0.3, -0.25) is 0 Å². The number of hydrogen-bond donors (Lipinski definition) is 1. The van der Waals surface area contributed by atoms with E-state index in [9.17, 15) is 13.2 Å². The van der Waals surface area contributed by atoms with Crippen LogP contribution in [-0.4, -0.2) is 14.5 Å². The third kappa shape index (κ3) is 4.69. The van der Waals surface area contributed by atoms with E-state index >= 15 is 0 Å². The minimum atomic E-state index is -4.14. The van der Waals surface area contributed by atoms with Crippen molar-refractivity contribution in [2.45, 2.75) is 0 Å². The molecular formula is C7H4Br2ClNO4S. The summed E-state index contributed by atoms with van der Waals surface area (Å²) in [6, 6.07) is 4.75. The number of carbonyl (C=O) groups excluding carboxylic acids is 1. The van der Waals surface area contributed by atoms with Crippen LogP contribution in [0.25, 0.3) is 0 Å². The molecule has 1 aromatic carbocycles. The first-order chi connectivity index (χ1) is 7.28. The van der Waals surface area contributed by atoms with Crippen molar-refractivity contribution >= 4 is 57.9 Å². The molecule has 88 valence electrons. The molecule has 0 radical (unpaired) electrons. The van der Waals surface area contributed by atoms with E-state index in [-0.39, 0.29) is 5.75 Å². The molecule has 16 heavy (non-hydrogen) atoms. The number of nitrogens with one attached hydrogen (secondary N) is 1. The maximum Gasteiger partial charge on any atom is 0.427 e. The fourth-order valence-electron chi connectivity index (χ4n) is 0.778. The highest BCUT2D eigenvalue weighted by Crippen LogP contribution is 2.28. The maximum absolute atomic E-state index is 11.0. The molecule has 9 heteroatoms. The zero-order valence-electron chi connectivity index (χ0n) is 7.41. The summed E-state index contributed by atoms with van der Waals surface area (Å²) in [4.78, 5) is 11.0. The van der Waals surface area contributed by atoms with Crippen molar-refractivity contribution in [3.63, 3.8) is 0 Å². The van der Waals surface area contributed by atoms with E-state index in [2.05, 4.69) is 31.9 Å². The van der Waals surface area contributed by atoms with E-state index in [4.69, 9.17) is 15.4 Å². The third-order valence-corrected chi connectivity index (χ3v) is 3.06. The summed E-state index contributed by atoms with van der Waals surface area (Å²) in [7, 11) is 0.659. The zero-order valence-corrected chi connectivity index (χ0v) is 12.2. The van der Waals surface area contributed by atoms with Crippen LogP contribution in [0.15, 0.2) is 27.1 Å². The van der Waals surface area contributed by atoms with Gasteiger partial charge in [-0.15, -0.1) is 0 Å². The summed E-state index contributed by atoms with van der Waals surface area (Å²) in [5.41, 5.74) is 0. The highest BCUT2D eigenvalue weighted by molar-refractivity contribution is 9.11. The summed E-state index contributed by atoms with van der Waals surface area (Å²) in [5, 5.41) is 0. The van der Waals surface area contributed by atoms with Crippen LogP contribution >= 0.6 is 42.5 Å². The molecule has 0 fully saturated rings. The Morgan fingerprint density at radius 3 is 2.50 bits per heavy atom. The Kier molecular flexibility index (Phi) is 4.60. The molecule has 0 unspecified atom stereocenters. The Hall–Kier alpha value is -0.310. The van der Waals surface area contributed by atoms with Crippen LogP contribution in [0, 0.1) is 0 Å².